The summed E-state index contributed by atoms with van der Waals surface area (Å²) in [5.74, 6) is -0.534. The van der Waals surface area contributed by atoms with Gasteiger partial charge in [0.2, 0.25) is 5.91 Å². The zero-order valence-electron chi connectivity index (χ0n) is 15.9. The molecule has 0 saturated carbocycles. The minimum Gasteiger partial charge on any atom is -0.482 e. The molecule has 0 saturated heterocycles. The van der Waals surface area contributed by atoms with Gasteiger partial charge in [0, 0.05) is 16.6 Å². The second kappa shape index (κ2) is 9.56. The lowest BCUT2D eigenvalue weighted by Gasteiger charge is -2.17. The lowest BCUT2D eigenvalue weighted by Crippen LogP contribution is -2.31. The van der Waals surface area contributed by atoms with E-state index in [4.69, 9.17) is 9.47 Å². The van der Waals surface area contributed by atoms with E-state index >= 15 is 0 Å². The van der Waals surface area contributed by atoms with Crippen LogP contribution in [0.15, 0.2) is 46.9 Å². The number of nitrogens with one attached hydrogen (secondary N) is 2. The van der Waals surface area contributed by atoms with Gasteiger partial charge in [-0.15, -0.1) is 0 Å². The van der Waals surface area contributed by atoms with Crippen LogP contribution in [0.2, 0.25) is 0 Å². The Morgan fingerprint density at radius 2 is 1.90 bits per heavy atom. The topological polar surface area (TPSA) is 93.7 Å². The minimum absolute atomic E-state index is 0.0116. The molecular weight excluding hydrogens is 440 g/mol. The molecule has 1 unspecified atom stereocenters. The van der Waals surface area contributed by atoms with Crippen molar-refractivity contribution in [2.24, 2.45) is 0 Å². The monoisotopic (exact) mass is 460 g/mol. The van der Waals surface area contributed by atoms with Gasteiger partial charge in [0.05, 0.1) is 6.04 Å². The second-order valence-electron chi connectivity index (χ2n) is 6.66. The number of hydrogen-bond donors (Lipinski definition) is 2. The van der Waals surface area contributed by atoms with Crippen LogP contribution in [0.25, 0.3) is 0 Å². The fourth-order valence-corrected chi connectivity index (χ4v) is 3.16. The molecule has 2 aromatic rings. The molecule has 0 aromatic heterocycles. The van der Waals surface area contributed by atoms with E-state index in [1.807, 2.05) is 31.2 Å². The van der Waals surface area contributed by atoms with Crippen molar-refractivity contribution < 1.29 is 23.9 Å². The zero-order chi connectivity index (χ0) is 20.8. The number of esters is 1. The molecule has 29 heavy (non-hydrogen) atoms. The van der Waals surface area contributed by atoms with E-state index in [1.165, 1.54) is 0 Å². The summed E-state index contributed by atoms with van der Waals surface area (Å²) in [6, 6.07) is 12.6. The van der Waals surface area contributed by atoms with Crippen LogP contribution in [0.1, 0.15) is 30.5 Å². The Morgan fingerprint density at radius 1 is 1.14 bits per heavy atom. The number of benzene rings is 2. The van der Waals surface area contributed by atoms with Crippen LogP contribution in [0.4, 0.5) is 5.69 Å². The lowest BCUT2D eigenvalue weighted by atomic mass is 10.0. The molecule has 2 amide bonds. The number of hydrogen-bond acceptors (Lipinski definition) is 5. The van der Waals surface area contributed by atoms with Crippen molar-refractivity contribution in [2.75, 3.05) is 18.5 Å². The maximum absolute atomic E-state index is 12.0. The molecule has 0 aliphatic carbocycles. The highest BCUT2D eigenvalue weighted by Crippen LogP contribution is 2.26. The number of ether oxygens (including phenoxy) is 2. The third-order valence-electron chi connectivity index (χ3n) is 4.44. The van der Waals surface area contributed by atoms with Gasteiger partial charge in [-0.3, -0.25) is 9.59 Å². The maximum Gasteiger partial charge on any atom is 0.344 e. The van der Waals surface area contributed by atoms with Crippen LogP contribution in [0.3, 0.4) is 0 Å². The SMILES string of the molecule is CC(NC(=O)COC(=O)COc1ccc2c(c1)CCC(=O)N2)c1ccc(Br)cc1. The largest absolute Gasteiger partial charge is 0.482 e. The van der Waals surface area contributed by atoms with E-state index in [9.17, 15) is 14.4 Å². The average molecular weight is 461 g/mol. The van der Waals surface area contributed by atoms with Crippen LogP contribution >= 0.6 is 15.9 Å². The first-order chi connectivity index (χ1) is 13.9. The van der Waals surface area contributed by atoms with Crippen molar-refractivity contribution in [3.63, 3.8) is 0 Å². The molecule has 1 heterocycles. The summed E-state index contributed by atoms with van der Waals surface area (Å²) < 4.78 is 11.4. The Balaban J connectivity index is 1.41. The number of carbonyl (C=O) groups excluding carboxylic acids is 3. The molecule has 1 aliphatic heterocycles. The van der Waals surface area contributed by atoms with Crippen LogP contribution in [-0.4, -0.2) is 31.0 Å². The van der Waals surface area contributed by atoms with E-state index in [1.54, 1.807) is 18.2 Å². The number of rotatable bonds is 7. The Labute approximate surface area is 176 Å². The summed E-state index contributed by atoms with van der Waals surface area (Å²) >= 11 is 3.36. The van der Waals surface area contributed by atoms with Gasteiger partial charge in [0.1, 0.15) is 5.75 Å². The predicted molar refractivity (Wildman–Crippen MR) is 111 cm³/mol. The summed E-state index contributed by atoms with van der Waals surface area (Å²) in [7, 11) is 0. The fourth-order valence-electron chi connectivity index (χ4n) is 2.90. The van der Waals surface area contributed by atoms with Crippen molar-refractivity contribution in [1.29, 1.82) is 0 Å². The van der Waals surface area contributed by atoms with Gasteiger partial charge in [0.25, 0.3) is 5.91 Å². The van der Waals surface area contributed by atoms with E-state index < -0.39 is 11.9 Å². The molecule has 0 spiro atoms. The van der Waals surface area contributed by atoms with Crippen LogP contribution < -0.4 is 15.4 Å². The molecular formula is C21H21BrN2O5. The summed E-state index contributed by atoms with van der Waals surface area (Å²) in [4.78, 5) is 35.2. The Hall–Kier alpha value is -2.87. The third kappa shape index (κ3) is 6.05. The number of halogens is 1. The number of carbonyl (C=O) groups is 3. The first-order valence-electron chi connectivity index (χ1n) is 9.17. The van der Waals surface area contributed by atoms with E-state index in [0.29, 0.717) is 18.6 Å². The molecule has 3 rings (SSSR count). The Kier molecular flexibility index (Phi) is 6.87. The number of fused-ring (bicyclic) bond motifs is 1. The van der Waals surface area contributed by atoms with Crippen molar-refractivity contribution in [1.82, 2.24) is 5.32 Å². The van der Waals surface area contributed by atoms with E-state index in [-0.39, 0.29) is 25.2 Å². The van der Waals surface area contributed by atoms with Gasteiger partial charge in [-0.1, -0.05) is 28.1 Å². The van der Waals surface area contributed by atoms with E-state index in [2.05, 4.69) is 26.6 Å². The maximum atomic E-state index is 12.0. The van der Waals surface area contributed by atoms with Crippen LogP contribution in [-0.2, 0) is 25.5 Å². The van der Waals surface area contributed by atoms with E-state index in [0.717, 1.165) is 21.3 Å². The van der Waals surface area contributed by atoms with Gasteiger partial charge in [0.15, 0.2) is 13.2 Å². The highest BCUT2D eigenvalue weighted by molar-refractivity contribution is 9.10. The fraction of sp³-hybridized carbons (Fsp3) is 0.286. The lowest BCUT2D eigenvalue weighted by molar-refractivity contribution is -0.150. The molecule has 1 atom stereocenters. The summed E-state index contributed by atoms with van der Waals surface area (Å²) in [6.45, 7) is 1.17. The van der Waals surface area contributed by atoms with Gasteiger partial charge in [-0.05, 0) is 54.8 Å². The number of anilines is 1. The van der Waals surface area contributed by atoms with Crippen molar-refractivity contribution in [2.45, 2.75) is 25.8 Å². The van der Waals surface area contributed by atoms with Crippen molar-refractivity contribution in [3.05, 3.63) is 58.1 Å². The normalized spacial score (nSPS) is 13.7. The van der Waals surface area contributed by atoms with Gasteiger partial charge >= 0.3 is 5.97 Å². The summed E-state index contributed by atoms with van der Waals surface area (Å²) in [5.41, 5.74) is 2.66. The highest BCUT2D eigenvalue weighted by atomic mass is 79.9. The molecule has 8 heteroatoms. The van der Waals surface area contributed by atoms with Gasteiger partial charge in [-0.25, -0.2) is 4.79 Å². The first kappa shape index (κ1) is 20.9. The third-order valence-corrected chi connectivity index (χ3v) is 4.97. The second-order valence-corrected chi connectivity index (χ2v) is 7.57. The number of aryl methyl sites for hydroxylation is 1. The molecule has 0 radical (unpaired) electrons. The van der Waals surface area contributed by atoms with Crippen molar-refractivity contribution in [3.8, 4) is 5.75 Å². The molecule has 0 bridgehead atoms. The average Bonchev–Trinajstić information content (AvgIpc) is 2.71. The summed E-state index contributed by atoms with van der Waals surface area (Å²) in [6.07, 6.45) is 1.05. The summed E-state index contributed by atoms with van der Waals surface area (Å²) in [5, 5.41) is 5.56. The Bertz CT molecular complexity index is 914. The van der Waals surface area contributed by atoms with Crippen molar-refractivity contribution >= 4 is 39.4 Å². The minimum atomic E-state index is -0.637. The zero-order valence-corrected chi connectivity index (χ0v) is 17.5. The first-order valence-corrected chi connectivity index (χ1v) is 9.96. The number of amides is 2. The van der Waals surface area contributed by atoms with Crippen LogP contribution in [0, 0.1) is 0 Å². The Morgan fingerprint density at radius 3 is 2.66 bits per heavy atom. The quantitative estimate of drug-likeness (QED) is 0.619. The highest BCUT2D eigenvalue weighted by Gasteiger charge is 2.16. The smallest absolute Gasteiger partial charge is 0.344 e. The molecule has 152 valence electrons. The standard InChI is InChI=1S/C21H21BrN2O5/c1-13(14-2-5-16(22)6-3-14)23-20(26)11-29-21(27)12-28-17-7-8-18-15(10-17)4-9-19(25)24-18/h2-3,5-8,10,13H,4,9,11-12H2,1H3,(H,23,26)(H,24,25). The molecule has 0 fully saturated rings. The molecule has 7 nitrogen and oxygen atoms in total. The molecule has 2 N–H and O–H groups in total. The van der Waals surface area contributed by atoms with Gasteiger partial charge in [-0.2, -0.15) is 0 Å². The van der Waals surface area contributed by atoms with Gasteiger partial charge < -0.3 is 20.1 Å². The molecule has 1 aliphatic rings. The molecule has 2 aromatic carbocycles. The predicted octanol–water partition coefficient (Wildman–Crippen LogP) is 3.13. The van der Waals surface area contributed by atoms with Crippen LogP contribution in [0.5, 0.6) is 5.75 Å².